The summed E-state index contributed by atoms with van der Waals surface area (Å²) in [5.74, 6) is 0.883. The van der Waals surface area contributed by atoms with Gasteiger partial charge in [-0.2, -0.15) is 0 Å². The molecule has 2 aromatic carbocycles. The van der Waals surface area contributed by atoms with Crippen LogP contribution in [0.1, 0.15) is 0 Å². The molecule has 0 unspecified atom stereocenters. The molecule has 0 amide bonds. The van der Waals surface area contributed by atoms with Gasteiger partial charge < -0.3 is 10.5 Å². The zero-order valence-corrected chi connectivity index (χ0v) is 11.9. The van der Waals surface area contributed by atoms with Crippen molar-refractivity contribution in [3.63, 3.8) is 0 Å². The van der Waals surface area contributed by atoms with E-state index in [0.717, 1.165) is 11.1 Å². The molecule has 104 valence electrons. The molecule has 3 nitrogen and oxygen atoms in total. The first-order valence-corrected chi connectivity index (χ1v) is 6.85. The molecule has 1 aromatic heterocycles. The average molecular weight is 297 g/mol. The summed E-state index contributed by atoms with van der Waals surface area (Å²) in [6, 6.07) is 19.1. The summed E-state index contributed by atoms with van der Waals surface area (Å²) in [4.78, 5) is 4.09. The first-order valence-electron chi connectivity index (χ1n) is 6.47. The summed E-state index contributed by atoms with van der Waals surface area (Å²) >= 11 is 6.29. The number of aromatic nitrogens is 1. The van der Waals surface area contributed by atoms with Crippen molar-refractivity contribution >= 4 is 17.3 Å². The Bertz CT molecular complexity index is 760. The Morgan fingerprint density at radius 3 is 2.43 bits per heavy atom. The van der Waals surface area contributed by atoms with Gasteiger partial charge in [0, 0.05) is 6.20 Å². The third kappa shape index (κ3) is 2.98. The fourth-order valence-corrected chi connectivity index (χ4v) is 2.21. The third-order valence-electron chi connectivity index (χ3n) is 3.05. The first-order chi connectivity index (χ1) is 10.2. The number of halogens is 1. The zero-order chi connectivity index (χ0) is 14.7. The maximum absolute atomic E-state index is 6.29. The molecule has 0 aliphatic carbocycles. The van der Waals surface area contributed by atoms with Gasteiger partial charge in [-0.05, 0) is 35.4 Å². The Morgan fingerprint density at radius 1 is 0.905 bits per heavy atom. The van der Waals surface area contributed by atoms with Crippen molar-refractivity contribution in [2.45, 2.75) is 0 Å². The van der Waals surface area contributed by atoms with Crippen LogP contribution in [0.15, 0.2) is 66.9 Å². The molecule has 0 atom stereocenters. The van der Waals surface area contributed by atoms with Crippen LogP contribution in [-0.4, -0.2) is 4.98 Å². The molecule has 1 heterocycles. The number of nitrogens with zero attached hydrogens (tertiary/aromatic N) is 1. The van der Waals surface area contributed by atoms with E-state index >= 15 is 0 Å². The molecule has 0 aliphatic heterocycles. The van der Waals surface area contributed by atoms with Crippen LogP contribution in [0.2, 0.25) is 5.02 Å². The number of benzene rings is 2. The zero-order valence-electron chi connectivity index (χ0n) is 11.2. The van der Waals surface area contributed by atoms with E-state index in [2.05, 4.69) is 4.98 Å². The Hall–Kier alpha value is -2.52. The lowest BCUT2D eigenvalue weighted by Gasteiger charge is -2.10. The molecule has 0 saturated carbocycles. The normalized spacial score (nSPS) is 10.3. The minimum absolute atomic E-state index is 0.354. The topological polar surface area (TPSA) is 48.1 Å². The molecule has 21 heavy (non-hydrogen) atoms. The number of anilines is 1. The van der Waals surface area contributed by atoms with Crippen LogP contribution in [0.3, 0.4) is 0 Å². The molecular formula is C17H13ClN2O. The standard InChI is InChI=1S/C17H13ClN2O/c18-14-11-13(12-5-2-1-3-6-12)8-9-16(14)21-17-15(19)7-4-10-20-17/h1-11H,19H2. The van der Waals surface area contributed by atoms with E-state index in [-0.39, 0.29) is 0 Å². The molecule has 4 heteroatoms. The van der Waals surface area contributed by atoms with Crippen molar-refractivity contribution in [2.24, 2.45) is 0 Å². The van der Waals surface area contributed by atoms with E-state index in [1.54, 1.807) is 18.3 Å². The molecule has 3 aromatic rings. The van der Waals surface area contributed by atoms with Crippen LogP contribution < -0.4 is 10.5 Å². The largest absolute Gasteiger partial charge is 0.436 e. The van der Waals surface area contributed by atoms with E-state index in [4.69, 9.17) is 22.1 Å². The summed E-state index contributed by atoms with van der Waals surface area (Å²) in [5.41, 5.74) is 8.41. The lowest BCUT2D eigenvalue weighted by molar-refractivity contribution is 0.466. The molecule has 0 fully saturated rings. The van der Waals surface area contributed by atoms with Gasteiger partial charge in [0.15, 0.2) is 0 Å². The average Bonchev–Trinajstić information content (AvgIpc) is 2.52. The van der Waals surface area contributed by atoms with Gasteiger partial charge >= 0.3 is 0 Å². The van der Waals surface area contributed by atoms with E-state index in [1.807, 2.05) is 48.5 Å². The van der Waals surface area contributed by atoms with Crippen molar-refractivity contribution in [1.29, 1.82) is 0 Å². The van der Waals surface area contributed by atoms with E-state index < -0.39 is 0 Å². The van der Waals surface area contributed by atoms with Crippen LogP contribution in [0.5, 0.6) is 11.6 Å². The number of ether oxygens (including phenoxy) is 1. The smallest absolute Gasteiger partial charge is 0.242 e. The maximum atomic E-state index is 6.29. The molecule has 0 spiro atoms. The Balaban J connectivity index is 1.90. The van der Waals surface area contributed by atoms with Crippen molar-refractivity contribution in [3.8, 4) is 22.8 Å². The highest BCUT2D eigenvalue weighted by Crippen LogP contribution is 2.34. The first kappa shape index (κ1) is 13.5. The van der Waals surface area contributed by atoms with Gasteiger partial charge in [-0.3, -0.25) is 0 Å². The maximum Gasteiger partial charge on any atom is 0.242 e. The Kier molecular flexibility index (Phi) is 3.75. The van der Waals surface area contributed by atoms with Crippen LogP contribution in [-0.2, 0) is 0 Å². The summed E-state index contributed by atoms with van der Waals surface area (Å²) < 4.78 is 5.66. The van der Waals surface area contributed by atoms with Crippen molar-refractivity contribution in [1.82, 2.24) is 4.98 Å². The monoisotopic (exact) mass is 296 g/mol. The summed E-state index contributed by atoms with van der Waals surface area (Å²) in [6.45, 7) is 0. The van der Waals surface area contributed by atoms with Gasteiger partial charge in [0.25, 0.3) is 0 Å². The highest BCUT2D eigenvalue weighted by atomic mass is 35.5. The minimum Gasteiger partial charge on any atom is -0.436 e. The number of pyridine rings is 1. The lowest BCUT2D eigenvalue weighted by Crippen LogP contribution is -1.94. The van der Waals surface area contributed by atoms with Crippen molar-refractivity contribution in [2.75, 3.05) is 5.73 Å². The lowest BCUT2D eigenvalue weighted by atomic mass is 10.1. The summed E-state index contributed by atoms with van der Waals surface area (Å²) in [5, 5.41) is 0.515. The highest BCUT2D eigenvalue weighted by Gasteiger charge is 2.08. The van der Waals surface area contributed by atoms with E-state index in [9.17, 15) is 0 Å². The molecule has 0 saturated heterocycles. The predicted octanol–water partition coefficient (Wildman–Crippen LogP) is 4.78. The van der Waals surface area contributed by atoms with Gasteiger partial charge in [0.1, 0.15) is 5.75 Å². The molecular weight excluding hydrogens is 284 g/mol. The number of rotatable bonds is 3. The highest BCUT2D eigenvalue weighted by molar-refractivity contribution is 6.32. The van der Waals surface area contributed by atoms with Crippen molar-refractivity contribution < 1.29 is 4.74 Å². The Morgan fingerprint density at radius 2 is 1.71 bits per heavy atom. The minimum atomic E-state index is 0.354. The second kappa shape index (κ2) is 5.85. The second-order valence-corrected chi connectivity index (χ2v) is 4.92. The SMILES string of the molecule is Nc1cccnc1Oc1ccc(-c2ccccc2)cc1Cl. The van der Waals surface area contributed by atoms with E-state index in [1.165, 1.54) is 0 Å². The van der Waals surface area contributed by atoms with Crippen LogP contribution in [0.4, 0.5) is 5.69 Å². The van der Waals surface area contributed by atoms with Gasteiger partial charge in [0.2, 0.25) is 5.88 Å². The van der Waals surface area contributed by atoms with Gasteiger partial charge in [-0.15, -0.1) is 0 Å². The van der Waals surface area contributed by atoms with Crippen LogP contribution >= 0.6 is 11.6 Å². The summed E-state index contributed by atoms with van der Waals surface area (Å²) in [7, 11) is 0. The molecule has 2 N–H and O–H groups in total. The quantitative estimate of drug-likeness (QED) is 0.757. The number of hydrogen-bond donors (Lipinski definition) is 1. The number of nitrogens with two attached hydrogens (primary N) is 1. The number of hydrogen-bond acceptors (Lipinski definition) is 3. The third-order valence-corrected chi connectivity index (χ3v) is 3.34. The van der Waals surface area contributed by atoms with E-state index in [0.29, 0.717) is 22.3 Å². The van der Waals surface area contributed by atoms with Gasteiger partial charge in [0.05, 0.1) is 10.7 Å². The van der Waals surface area contributed by atoms with Gasteiger partial charge in [-0.1, -0.05) is 48.0 Å². The molecule has 0 bridgehead atoms. The second-order valence-electron chi connectivity index (χ2n) is 4.51. The molecule has 3 rings (SSSR count). The molecule has 0 aliphatic rings. The van der Waals surface area contributed by atoms with Crippen molar-refractivity contribution in [3.05, 3.63) is 71.9 Å². The summed E-state index contributed by atoms with van der Waals surface area (Å²) in [6.07, 6.45) is 1.62. The van der Waals surface area contributed by atoms with Crippen LogP contribution in [0.25, 0.3) is 11.1 Å². The fraction of sp³-hybridized carbons (Fsp3) is 0. The Labute approximate surface area is 128 Å². The predicted molar refractivity (Wildman–Crippen MR) is 85.6 cm³/mol. The van der Waals surface area contributed by atoms with Crippen LogP contribution in [0, 0.1) is 0 Å². The fourth-order valence-electron chi connectivity index (χ4n) is 1.99. The van der Waals surface area contributed by atoms with Gasteiger partial charge in [-0.25, -0.2) is 4.98 Å². The number of nitrogen functional groups attached to an aromatic ring is 1. The molecule has 0 radical (unpaired) electrons.